The van der Waals surface area contributed by atoms with Gasteiger partial charge in [0.05, 0.1) is 12.5 Å². The van der Waals surface area contributed by atoms with Crippen molar-refractivity contribution in [1.29, 1.82) is 0 Å². The zero-order chi connectivity index (χ0) is 32.4. The third kappa shape index (κ3) is 7.69. The van der Waals surface area contributed by atoms with Gasteiger partial charge in [-0.15, -0.1) is 0 Å². The van der Waals surface area contributed by atoms with Crippen LogP contribution in [0.5, 0.6) is 0 Å². The van der Waals surface area contributed by atoms with E-state index < -0.39 is 42.7 Å². The number of amides is 2. The summed E-state index contributed by atoms with van der Waals surface area (Å²) < 4.78 is 51.1. The average molecular weight is 660 g/mol. The van der Waals surface area contributed by atoms with Gasteiger partial charge in [-0.1, -0.05) is 68.8 Å². The number of likely N-dealkylation sites (tertiary alicyclic amines) is 1. The van der Waals surface area contributed by atoms with Crippen LogP contribution in [0.25, 0.3) is 0 Å². The summed E-state index contributed by atoms with van der Waals surface area (Å²) in [4.78, 5) is 30.0. The monoisotopic (exact) mass is 658 g/mol. The van der Waals surface area contributed by atoms with Crippen LogP contribution >= 0.6 is 23.2 Å². The van der Waals surface area contributed by atoms with Crippen LogP contribution in [0, 0.1) is 11.3 Å². The van der Waals surface area contributed by atoms with Crippen molar-refractivity contribution in [3.8, 4) is 0 Å². The number of anilines is 1. The highest BCUT2D eigenvalue weighted by Gasteiger charge is 2.65. The quantitative estimate of drug-likeness (QED) is 0.205. The smallest absolute Gasteiger partial charge is 0.352 e. The zero-order valence-electron chi connectivity index (χ0n) is 25.2. The third-order valence-corrected chi connectivity index (χ3v) is 9.13. The molecule has 0 aromatic heterocycles. The molecule has 2 amide bonds. The number of nitrogens with one attached hydrogen (secondary N) is 3. The molecular formula is C32H40Cl2F4N4O2. The number of benzene rings is 1. The van der Waals surface area contributed by atoms with Gasteiger partial charge in [-0.2, -0.15) is 13.2 Å². The molecule has 12 heteroatoms. The molecule has 0 bridgehead atoms. The number of piperidine rings is 1. The Morgan fingerprint density at radius 1 is 1.23 bits per heavy atom. The van der Waals surface area contributed by atoms with Gasteiger partial charge in [0, 0.05) is 53.4 Å². The van der Waals surface area contributed by atoms with Crippen molar-refractivity contribution in [2.45, 2.75) is 76.2 Å². The second-order valence-corrected chi connectivity index (χ2v) is 14.0. The topological polar surface area (TPSA) is 73.5 Å². The van der Waals surface area contributed by atoms with Gasteiger partial charge in [0.15, 0.2) is 0 Å². The Morgan fingerprint density at radius 2 is 1.91 bits per heavy atom. The molecule has 44 heavy (non-hydrogen) atoms. The Hall–Kier alpha value is -2.40. The second-order valence-electron chi connectivity index (χ2n) is 13.1. The molecule has 0 saturated carbocycles. The number of fused-ring (bicyclic) bond motifs is 2. The summed E-state index contributed by atoms with van der Waals surface area (Å²) in [7, 11) is 0. The maximum atomic E-state index is 14.2. The second kappa shape index (κ2) is 13.5. The molecule has 0 unspecified atom stereocenters. The molecule has 242 valence electrons. The summed E-state index contributed by atoms with van der Waals surface area (Å²) in [6, 6.07) is 3.66. The Balaban J connectivity index is 1.68. The first-order valence-corrected chi connectivity index (χ1v) is 15.6. The molecule has 4 atom stereocenters. The van der Waals surface area contributed by atoms with E-state index in [1.807, 2.05) is 6.07 Å². The van der Waals surface area contributed by atoms with Gasteiger partial charge < -0.3 is 20.9 Å². The van der Waals surface area contributed by atoms with E-state index in [0.717, 1.165) is 0 Å². The van der Waals surface area contributed by atoms with Crippen molar-refractivity contribution in [1.82, 2.24) is 15.5 Å². The first-order chi connectivity index (χ1) is 20.5. The van der Waals surface area contributed by atoms with Gasteiger partial charge in [-0.05, 0) is 54.0 Å². The average Bonchev–Trinajstić information content (AvgIpc) is 3.41. The molecule has 6 nitrogen and oxygen atoms in total. The lowest BCUT2D eigenvalue weighted by Crippen LogP contribution is -2.52. The summed E-state index contributed by atoms with van der Waals surface area (Å²) in [5.74, 6) is -1.33. The Bertz CT molecular complexity index is 1320. The number of hydrogen-bond donors (Lipinski definition) is 3. The fraction of sp³-hybridized carbons (Fsp3) is 0.562. The maximum Gasteiger partial charge on any atom is 0.390 e. The van der Waals surface area contributed by atoms with Crippen molar-refractivity contribution in [2.24, 2.45) is 11.3 Å². The molecule has 0 radical (unpaired) electrons. The largest absolute Gasteiger partial charge is 0.390 e. The number of allylic oxidation sites excluding steroid dienone is 4. The van der Waals surface area contributed by atoms with Gasteiger partial charge in [0.1, 0.15) is 12.1 Å². The van der Waals surface area contributed by atoms with Crippen LogP contribution in [0.15, 0.2) is 53.6 Å². The lowest BCUT2D eigenvalue weighted by molar-refractivity contribution is -0.138. The number of rotatable bonds is 9. The van der Waals surface area contributed by atoms with E-state index in [2.05, 4.69) is 43.3 Å². The molecule has 3 N–H and O–H groups in total. The fourth-order valence-electron chi connectivity index (χ4n) is 6.77. The number of hydrogen-bond acceptors (Lipinski definition) is 4. The number of alkyl halides is 4. The van der Waals surface area contributed by atoms with Gasteiger partial charge in [-0.3, -0.25) is 9.59 Å². The van der Waals surface area contributed by atoms with E-state index in [1.165, 1.54) is 6.08 Å². The van der Waals surface area contributed by atoms with E-state index in [0.29, 0.717) is 54.2 Å². The number of halogens is 6. The summed E-state index contributed by atoms with van der Waals surface area (Å²) in [5.41, 5.74) is 0.309. The summed E-state index contributed by atoms with van der Waals surface area (Å²) in [6.07, 6.45) is 1.07. The number of carbonyl (C=O) groups is 2. The molecule has 1 aromatic rings. The molecule has 2 saturated heterocycles. The zero-order valence-corrected chi connectivity index (χ0v) is 26.7. The van der Waals surface area contributed by atoms with Crippen LogP contribution in [0.2, 0.25) is 5.02 Å². The van der Waals surface area contributed by atoms with Crippen LogP contribution in [0.4, 0.5) is 23.2 Å². The molecule has 1 aromatic carbocycles. The predicted molar refractivity (Wildman–Crippen MR) is 167 cm³/mol. The molecule has 3 heterocycles. The predicted octanol–water partition coefficient (Wildman–Crippen LogP) is 6.66. The number of carbonyl (C=O) groups excluding carboxylic acids is 2. The molecule has 4 rings (SSSR count). The minimum Gasteiger partial charge on any atom is -0.352 e. The lowest BCUT2D eigenvalue weighted by Gasteiger charge is -2.38. The van der Waals surface area contributed by atoms with Crippen molar-refractivity contribution >= 4 is 40.7 Å². The molecular weight excluding hydrogens is 619 g/mol. The van der Waals surface area contributed by atoms with Gasteiger partial charge in [0.25, 0.3) is 0 Å². The van der Waals surface area contributed by atoms with E-state index in [1.54, 1.807) is 29.2 Å². The Morgan fingerprint density at radius 3 is 2.52 bits per heavy atom. The highest BCUT2D eigenvalue weighted by Crippen LogP contribution is 2.55. The SMILES string of the molecule is C=C(/C=C\C=C(\Cl)CF)[C@H]1[C@H](C(=O)NC2CCN(CCC(F)(F)F)CC2)N[C@H](CC(C)(C)C)[C@]12C(=O)Nc1cc(Cl)ccc12. The van der Waals surface area contributed by atoms with Crippen LogP contribution < -0.4 is 16.0 Å². The highest BCUT2D eigenvalue weighted by atomic mass is 35.5. The van der Waals surface area contributed by atoms with E-state index >= 15 is 0 Å². The van der Waals surface area contributed by atoms with Crippen molar-refractivity contribution in [3.63, 3.8) is 0 Å². The standard InChI is InChI=1S/C32H40Cl2F4N4O2/c1-19(6-5-7-21(34)18-35)26-27(28(43)39-22-10-13-42(14-11-22)15-12-31(36,37)38)41-25(17-30(2,3)4)32(26)23-9-8-20(33)16-24(23)40-29(32)44/h5-9,16,22,25-27,41H,1,10-15,17-18H2,2-4H3,(H,39,43)(H,40,44)/b6-5-,21-7+/t25-,26+,27-,32+/m1/s1. The summed E-state index contributed by atoms with van der Waals surface area (Å²) in [6.45, 7) is 10.4. The third-order valence-electron chi connectivity index (χ3n) is 8.66. The Kier molecular flexibility index (Phi) is 10.6. The van der Waals surface area contributed by atoms with Gasteiger partial charge >= 0.3 is 6.18 Å². The number of nitrogens with zero attached hydrogens (tertiary/aromatic N) is 1. The molecule has 2 fully saturated rings. The Labute approximate surface area is 266 Å². The van der Waals surface area contributed by atoms with E-state index in [4.69, 9.17) is 23.2 Å². The van der Waals surface area contributed by atoms with Crippen LogP contribution in [-0.4, -0.2) is 67.3 Å². The van der Waals surface area contributed by atoms with E-state index in [9.17, 15) is 27.2 Å². The van der Waals surface area contributed by atoms with Crippen molar-refractivity contribution < 1.29 is 27.2 Å². The summed E-state index contributed by atoms with van der Waals surface area (Å²) >= 11 is 12.2. The molecule has 0 aliphatic carbocycles. The summed E-state index contributed by atoms with van der Waals surface area (Å²) in [5, 5.41) is 10.1. The minimum absolute atomic E-state index is 0.00612. The van der Waals surface area contributed by atoms with Crippen LogP contribution in [0.3, 0.4) is 0 Å². The van der Waals surface area contributed by atoms with Crippen molar-refractivity contribution in [3.05, 3.63) is 64.2 Å². The normalized spacial score (nSPS) is 26.8. The fourth-order valence-corrected chi connectivity index (χ4v) is 7.02. The van der Waals surface area contributed by atoms with Gasteiger partial charge in [0.2, 0.25) is 11.8 Å². The van der Waals surface area contributed by atoms with Crippen LogP contribution in [-0.2, 0) is 15.0 Å². The van der Waals surface area contributed by atoms with Crippen LogP contribution in [0.1, 0.15) is 52.0 Å². The van der Waals surface area contributed by atoms with Crippen molar-refractivity contribution in [2.75, 3.05) is 31.6 Å². The van der Waals surface area contributed by atoms with Gasteiger partial charge in [-0.25, -0.2) is 4.39 Å². The lowest BCUT2D eigenvalue weighted by atomic mass is 9.62. The highest BCUT2D eigenvalue weighted by molar-refractivity contribution is 6.31. The van der Waals surface area contributed by atoms with E-state index in [-0.39, 0.29) is 34.8 Å². The minimum atomic E-state index is -4.21. The molecule has 3 aliphatic rings. The first kappa shape index (κ1) is 34.5. The first-order valence-electron chi connectivity index (χ1n) is 14.8. The maximum absolute atomic E-state index is 14.2. The molecule has 3 aliphatic heterocycles. The molecule has 1 spiro atoms.